The van der Waals surface area contributed by atoms with E-state index in [0.29, 0.717) is 25.4 Å². The van der Waals surface area contributed by atoms with Crippen LogP contribution in [0, 0.1) is 17.2 Å². The summed E-state index contributed by atoms with van der Waals surface area (Å²) in [5.41, 5.74) is 0. The average molecular weight is 211 g/mol. The third-order valence-corrected chi connectivity index (χ3v) is 2.06. The van der Waals surface area contributed by atoms with Gasteiger partial charge in [-0.15, -0.1) is 0 Å². The maximum absolute atomic E-state index is 11.4. The van der Waals surface area contributed by atoms with Crippen molar-refractivity contribution in [3.8, 4) is 6.07 Å². The number of carbonyl (C=O) groups is 1. The molecular weight excluding hydrogens is 190 g/mol. The summed E-state index contributed by atoms with van der Waals surface area (Å²) in [5, 5.41) is 11.2. The molecule has 15 heavy (non-hydrogen) atoms. The predicted octanol–water partition coefficient (Wildman–Crippen LogP) is 0.994. The molecule has 0 bridgehead atoms. The maximum atomic E-state index is 11.4. The van der Waals surface area contributed by atoms with Gasteiger partial charge < -0.3 is 5.32 Å². The van der Waals surface area contributed by atoms with Crippen molar-refractivity contribution in [2.24, 2.45) is 5.92 Å². The summed E-state index contributed by atoms with van der Waals surface area (Å²) >= 11 is 0. The van der Waals surface area contributed by atoms with Gasteiger partial charge in [0.05, 0.1) is 12.6 Å². The number of hydrogen-bond donors (Lipinski definition) is 1. The van der Waals surface area contributed by atoms with Crippen molar-refractivity contribution in [3.05, 3.63) is 0 Å². The molecule has 0 heterocycles. The molecule has 0 aromatic heterocycles. The maximum Gasteiger partial charge on any atom is 0.234 e. The molecule has 0 unspecified atom stereocenters. The van der Waals surface area contributed by atoms with Crippen molar-refractivity contribution in [1.29, 1.82) is 5.26 Å². The number of nitrogens with one attached hydrogen (secondary N) is 1. The molecule has 0 aliphatic carbocycles. The van der Waals surface area contributed by atoms with E-state index in [2.05, 4.69) is 25.2 Å². The van der Waals surface area contributed by atoms with Gasteiger partial charge in [0.1, 0.15) is 0 Å². The van der Waals surface area contributed by atoms with Crippen LogP contribution in [0.5, 0.6) is 0 Å². The van der Waals surface area contributed by atoms with Gasteiger partial charge in [-0.25, -0.2) is 0 Å². The molecule has 0 saturated heterocycles. The zero-order valence-electron chi connectivity index (χ0n) is 9.92. The third-order valence-electron chi connectivity index (χ3n) is 2.06. The lowest BCUT2D eigenvalue weighted by atomic mass is 10.1. The number of nitriles is 1. The molecule has 0 rings (SSSR count). The predicted molar refractivity (Wildman–Crippen MR) is 60.2 cm³/mol. The first-order chi connectivity index (χ1) is 7.06. The van der Waals surface area contributed by atoms with Gasteiger partial charge in [-0.1, -0.05) is 13.8 Å². The zero-order valence-corrected chi connectivity index (χ0v) is 9.92. The van der Waals surface area contributed by atoms with Crippen molar-refractivity contribution in [2.75, 3.05) is 26.7 Å². The molecule has 1 N–H and O–H groups in total. The standard InChI is InChI=1S/C11H21N3O/c1-10(2)5-7-13-11(15)9-14(3)8-4-6-12/h10H,4-5,7-9H2,1-3H3,(H,13,15). The quantitative estimate of drug-likeness (QED) is 0.683. The lowest BCUT2D eigenvalue weighted by Crippen LogP contribution is -2.36. The normalized spacial score (nSPS) is 10.4. The number of amides is 1. The first kappa shape index (κ1) is 13.9. The Balaban J connectivity index is 3.52. The topological polar surface area (TPSA) is 56.1 Å². The van der Waals surface area contributed by atoms with Gasteiger partial charge >= 0.3 is 0 Å². The van der Waals surface area contributed by atoms with E-state index in [-0.39, 0.29) is 5.91 Å². The molecular formula is C11H21N3O. The van der Waals surface area contributed by atoms with E-state index in [4.69, 9.17) is 5.26 Å². The highest BCUT2D eigenvalue weighted by Crippen LogP contribution is 1.96. The Labute approximate surface area is 92.3 Å². The molecule has 0 saturated carbocycles. The summed E-state index contributed by atoms with van der Waals surface area (Å²) in [6.45, 7) is 6.02. The molecule has 1 amide bonds. The van der Waals surface area contributed by atoms with E-state index >= 15 is 0 Å². The van der Waals surface area contributed by atoms with E-state index in [9.17, 15) is 4.79 Å². The number of rotatable bonds is 7. The average Bonchev–Trinajstić information content (AvgIpc) is 2.14. The Morgan fingerprint density at radius 2 is 2.20 bits per heavy atom. The highest BCUT2D eigenvalue weighted by molar-refractivity contribution is 5.77. The smallest absolute Gasteiger partial charge is 0.234 e. The van der Waals surface area contributed by atoms with Crippen LogP contribution in [-0.4, -0.2) is 37.5 Å². The van der Waals surface area contributed by atoms with E-state index in [0.717, 1.165) is 13.0 Å². The van der Waals surface area contributed by atoms with Gasteiger partial charge in [-0.05, 0) is 19.4 Å². The van der Waals surface area contributed by atoms with Crippen LogP contribution < -0.4 is 5.32 Å². The lowest BCUT2D eigenvalue weighted by Gasteiger charge is -2.14. The lowest BCUT2D eigenvalue weighted by molar-refractivity contribution is -0.121. The Hall–Kier alpha value is -1.08. The molecule has 0 aromatic rings. The Morgan fingerprint density at radius 1 is 1.53 bits per heavy atom. The molecule has 4 nitrogen and oxygen atoms in total. The Morgan fingerprint density at radius 3 is 2.73 bits per heavy atom. The molecule has 0 radical (unpaired) electrons. The van der Waals surface area contributed by atoms with Crippen molar-refractivity contribution in [2.45, 2.75) is 26.7 Å². The summed E-state index contributed by atoms with van der Waals surface area (Å²) in [4.78, 5) is 13.2. The second-order valence-electron chi connectivity index (χ2n) is 4.18. The summed E-state index contributed by atoms with van der Waals surface area (Å²) in [6, 6.07) is 2.06. The fourth-order valence-electron chi connectivity index (χ4n) is 1.12. The van der Waals surface area contributed by atoms with Gasteiger partial charge in [-0.2, -0.15) is 5.26 Å². The number of nitrogens with zero attached hydrogens (tertiary/aromatic N) is 2. The van der Waals surface area contributed by atoms with Crippen LogP contribution in [0.4, 0.5) is 0 Å². The number of hydrogen-bond acceptors (Lipinski definition) is 3. The fourth-order valence-corrected chi connectivity index (χ4v) is 1.12. The summed E-state index contributed by atoms with van der Waals surface area (Å²) < 4.78 is 0. The van der Waals surface area contributed by atoms with E-state index in [1.807, 2.05) is 11.9 Å². The highest BCUT2D eigenvalue weighted by atomic mass is 16.2. The van der Waals surface area contributed by atoms with Crippen molar-refractivity contribution < 1.29 is 4.79 Å². The fraction of sp³-hybridized carbons (Fsp3) is 0.818. The largest absolute Gasteiger partial charge is 0.355 e. The summed E-state index contributed by atoms with van der Waals surface area (Å²) in [5.74, 6) is 0.651. The van der Waals surface area contributed by atoms with Crippen LogP contribution in [0.1, 0.15) is 26.7 Å². The SMILES string of the molecule is CC(C)CCNC(=O)CN(C)CCC#N. The van der Waals surface area contributed by atoms with Crippen LogP contribution in [-0.2, 0) is 4.79 Å². The molecule has 4 heteroatoms. The molecule has 0 fully saturated rings. The minimum absolute atomic E-state index is 0.0380. The third kappa shape index (κ3) is 9.23. The number of carbonyl (C=O) groups excluding carboxylic acids is 1. The van der Waals surface area contributed by atoms with Crippen LogP contribution in [0.2, 0.25) is 0 Å². The van der Waals surface area contributed by atoms with Crippen LogP contribution >= 0.6 is 0 Å². The molecule has 0 atom stereocenters. The molecule has 86 valence electrons. The molecule has 0 spiro atoms. The van der Waals surface area contributed by atoms with E-state index < -0.39 is 0 Å². The number of likely N-dealkylation sites (N-methyl/N-ethyl adjacent to an activating group) is 1. The van der Waals surface area contributed by atoms with Gasteiger partial charge in [0.15, 0.2) is 0 Å². The van der Waals surface area contributed by atoms with Gasteiger partial charge in [0, 0.05) is 19.5 Å². The van der Waals surface area contributed by atoms with Crippen molar-refractivity contribution in [3.63, 3.8) is 0 Å². The highest BCUT2D eigenvalue weighted by Gasteiger charge is 2.05. The van der Waals surface area contributed by atoms with Gasteiger partial charge in [0.25, 0.3) is 0 Å². The monoisotopic (exact) mass is 211 g/mol. The first-order valence-corrected chi connectivity index (χ1v) is 5.38. The molecule has 0 aliphatic heterocycles. The molecule has 0 aromatic carbocycles. The van der Waals surface area contributed by atoms with Gasteiger partial charge in [0.2, 0.25) is 5.91 Å². The van der Waals surface area contributed by atoms with Crippen molar-refractivity contribution >= 4 is 5.91 Å². The van der Waals surface area contributed by atoms with Crippen LogP contribution in [0.3, 0.4) is 0 Å². The second kappa shape index (κ2) is 8.25. The second-order valence-corrected chi connectivity index (χ2v) is 4.18. The minimum Gasteiger partial charge on any atom is -0.355 e. The zero-order chi connectivity index (χ0) is 11.7. The Kier molecular flexibility index (Phi) is 7.65. The van der Waals surface area contributed by atoms with E-state index in [1.54, 1.807) is 0 Å². The van der Waals surface area contributed by atoms with E-state index in [1.165, 1.54) is 0 Å². The molecule has 0 aliphatic rings. The van der Waals surface area contributed by atoms with Crippen molar-refractivity contribution in [1.82, 2.24) is 10.2 Å². The first-order valence-electron chi connectivity index (χ1n) is 5.38. The van der Waals surface area contributed by atoms with Crippen LogP contribution in [0.15, 0.2) is 0 Å². The van der Waals surface area contributed by atoms with Crippen LogP contribution in [0.25, 0.3) is 0 Å². The summed E-state index contributed by atoms with van der Waals surface area (Å²) in [6.07, 6.45) is 1.48. The van der Waals surface area contributed by atoms with Gasteiger partial charge in [-0.3, -0.25) is 9.69 Å². The summed E-state index contributed by atoms with van der Waals surface area (Å²) in [7, 11) is 1.85. The minimum atomic E-state index is 0.0380. The Bertz CT molecular complexity index is 220.